The smallest absolute Gasteiger partial charge is 0.341 e. The van der Waals surface area contributed by atoms with E-state index in [0.29, 0.717) is 12.2 Å². The van der Waals surface area contributed by atoms with E-state index in [1.54, 1.807) is 6.20 Å². The highest BCUT2D eigenvalue weighted by atomic mass is 16.5. The normalized spacial score (nSPS) is 11.1. The number of benzene rings is 2. The van der Waals surface area contributed by atoms with Gasteiger partial charge < -0.3 is 15.0 Å². The second kappa shape index (κ2) is 9.52. The Kier molecular flexibility index (Phi) is 6.83. The van der Waals surface area contributed by atoms with Crippen molar-refractivity contribution >= 4 is 22.6 Å². The van der Waals surface area contributed by atoms with E-state index in [1.165, 1.54) is 5.56 Å². The minimum Gasteiger partial charge on any atom is -0.462 e. The first-order valence-corrected chi connectivity index (χ1v) is 10.0. The Morgan fingerprint density at radius 2 is 1.83 bits per heavy atom. The zero-order valence-corrected chi connectivity index (χ0v) is 17.7. The maximum atomic E-state index is 12.5. The van der Waals surface area contributed by atoms with Crippen molar-refractivity contribution in [3.63, 3.8) is 0 Å². The van der Waals surface area contributed by atoms with Crippen LogP contribution in [0.2, 0.25) is 0 Å². The molecule has 5 nitrogen and oxygen atoms in total. The van der Waals surface area contributed by atoms with Crippen molar-refractivity contribution in [1.29, 1.82) is 0 Å². The summed E-state index contributed by atoms with van der Waals surface area (Å²) in [6.45, 7) is 5.96. The first kappa shape index (κ1) is 20.8. The number of hydrogen-bond donors (Lipinski definition) is 1. The maximum absolute atomic E-state index is 12.5. The Balaban J connectivity index is 2.03. The third-order valence-corrected chi connectivity index (χ3v) is 4.83. The van der Waals surface area contributed by atoms with Crippen LogP contribution in [-0.4, -0.2) is 49.6 Å². The lowest BCUT2D eigenvalue weighted by Gasteiger charge is -2.16. The molecule has 1 N–H and O–H groups in total. The standard InChI is InChI=1S/C24H29N3O2/c1-5-29-24(28)21-16-26-22-12-11-19(18-9-7-17(2)8-10-18)15-20(22)23(21)25-13-6-14-27(3)4/h7-12,15-16H,5-6,13-14H2,1-4H3,(H,25,26). The Bertz CT molecular complexity index is 981. The van der Waals surface area contributed by atoms with Crippen LogP contribution >= 0.6 is 0 Å². The van der Waals surface area contributed by atoms with Gasteiger partial charge in [0.25, 0.3) is 0 Å². The quantitative estimate of drug-likeness (QED) is 0.444. The highest BCUT2D eigenvalue weighted by Gasteiger charge is 2.17. The number of rotatable bonds is 8. The molecule has 0 atom stereocenters. The summed E-state index contributed by atoms with van der Waals surface area (Å²) in [7, 11) is 4.11. The van der Waals surface area contributed by atoms with Crippen LogP contribution in [-0.2, 0) is 4.74 Å². The van der Waals surface area contributed by atoms with Crippen LogP contribution < -0.4 is 5.32 Å². The summed E-state index contributed by atoms with van der Waals surface area (Å²) in [5, 5.41) is 4.40. The van der Waals surface area contributed by atoms with Crippen molar-refractivity contribution in [1.82, 2.24) is 9.88 Å². The van der Waals surface area contributed by atoms with Crippen LogP contribution in [0.4, 0.5) is 5.69 Å². The summed E-state index contributed by atoms with van der Waals surface area (Å²) in [6.07, 6.45) is 2.58. The van der Waals surface area contributed by atoms with Crippen LogP contribution in [0.5, 0.6) is 0 Å². The molecule has 1 heterocycles. The molecule has 29 heavy (non-hydrogen) atoms. The Morgan fingerprint density at radius 3 is 2.52 bits per heavy atom. The third-order valence-electron chi connectivity index (χ3n) is 4.83. The van der Waals surface area contributed by atoms with Gasteiger partial charge in [-0.05, 0) is 64.2 Å². The van der Waals surface area contributed by atoms with E-state index in [-0.39, 0.29) is 5.97 Å². The molecule has 3 aromatic rings. The lowest BCUT2D eigenvalue weighted by Crippen LogP contribution is -2.17. The van der Waals surface area contributed by atoms with Gasteiger partial charge in [0.05, 0.1) is 17.8 Å². The van der Waals surface area contributed by atoms with Gasteiger partial charge in [0.15, 0.2) is 0 Å². The molecule has 152 valence electrons. The number of hydrogen-bond acceptors (Lipinski definition) is 5. The number of carbonyl (C=O) groups is 1. The molecule has 0 amide bonds. The summed E-state index contributed by atoms with van der Waals surface area (Å²) in [5.74, 6) is -0.349. The molecule has 0 fully saturated rings. The number of fused-ring (bicyclic) bond motifs is 1. The number of aryl methyl sites for hydroxylation is 1. The predicted molar refractivity (Wildman–Crippen MR) is 120 cm³/mol. The SMILES string of the molecule is CCOC(=O)c1cnc2ccc(-c3ccc(C)cc3)cc2c1NCCCN(C)C. The number of esters is 1. The average Bonchev–Trinajstić information content (AvgIpc) is 2.71. The number of pyridine rings is 1. The van der Waals surface area contributed by atoms with Crippen LogP contribution in [0, 0.1) is 6.92 Å². The molecule has 0 unspecified atom stereocenters. The molecule has 2 aromatic carbocycles. The van der Waals surface area contributed by atoms with Crippen molar-refractivity contribution < 1.29 is 9.53 Å². The highest BCUT2D eigenvalue weighted by molar-refractivity contribution is 6.05. The van der Waals surface area contributed by atoms with Gasteiger partial charge in [-0.1, -0.05) is 35.9 Å². The molecule has 0 saturated heterocycles. The first-order chi connectivity index (χ1) is 14.0. The minimum absolute atomic E-state index is 0.334. The van der Waals surface area contributed by atoms with Gasteiger partial charge in [-0.15, -0.1) is 0 Å². The minimum atomic E-state index is -0.349. The zero-order chi connectivity index (χ0) is 20.8. The number of carbonyl (C=O) groups excluding carboxylic acids is 1. The van der Waals surface area contributed by atoms with Crippen molar-refractivity contribution in [2.45, 2.75) is 20.3 Å². The number of anilines is 1. The molecule has 5 heteroatoms. The zero-order valence-electron chi connectivity index (χ0n) is 17.7. The van der Waals surface area contributed by atoms with Crippen LogP contribution in [0.15, 0.2) is 48.7 Å². The second-order valence-corrected chi connectivity index (χ2v) is 7.45. The van der Waals surface area contributed by atoms with Crippen molar-refractivity contribution in [3.05, 3.63) is 59.8 Å². The van der Waals surface area contributed by atoms with Crippen molar-refractivity contribution in [3.8, 4) is 11.1 Å². The van der Waals surface area contributed by atoms with Crippen LogP contribution in [0.1, 0.15) is 29.3 Å². The van der Waals surface area contributed by atoms with Crippen molar-refractivity contribution in [2.24, 2.45) is 0 Å². The first-order valence-electron chi connectivity index (χ1n) is 10.0. The Labute approximate surface area is 172 Å². The monoisotopic (exact) mass is 391 g/mol. The van der Waals surface area contributed by atoms with E-state index in [0.717, 1.165) is 47.2 Å². The van der Waals surface area contributed by atoms with Gasteiger partial charge in [0, 0.05) is 18.1 Å². The van der Waals surface area contributed by atoms with Gasteiger partial charge in [-0.3, -0.25) is 4.98 Å². The summed E-state index contributed by atoms with van der Waals surface area (Å²) < 4.78 is 5.26. The van der Waals surface area contributed by atoms with E-state index in [4.69, 9.17) is 4.74 Å². The number of aromatic nitrogens is 1. The molecule has 0 saturated carbocycles. The van der Waals surface area contributed by atoms with E-state index < -0.39 is 0 Å². The number of nitrogens with zero attached hydrogens (tertiary/aromatic N) is 2. The average molecular weight is 392 g/mol. The molecule has 1 aromatic heterocycles. The summed E-state index contributed by atoms with van der Waals surface area (Å²) in [6, 6.07) is 14.6. The summed E-state index contributed by atoms with van der Waals surface area (Å²) >= 11 is 0. The summed E-state index contributed by atoms with van der Waals surface area (Å²) in [5.41, 5.74) is 5.58. The summed E-state index contributed by atoms with van der Waals surface area (Å²) in [4.78, 5) is 19.2. The molecule has 0 radical (unpaired) electrons. The van der Waals surface area contributed by atoms with Gasteiger partial charge in [0.1, 0.15) is 5.56 Å². The fourth-order valence-electron chi connectivity index (χ4n) is 3.28. The van der Waals surface area contributed by atoms with E-state index in [1.807, 2.05) is 13.0 Å². The molecule has 3 rings (SSSR count). The van der Waals surface area contributed by atoms with Crippen LogP contribution in [0.3, 0.4) is 0 Å². The van der Waals surface area contributed by atoms with Gasteiger partial charge in [-0.2, -0.15) is 0 Å². The van der Waals surface area contributed by atoms with E-state index in [2.05, 4.69) is 72.6 Å². The topological polar surface area (TPSA) is 54.5 Å². The fourth-order valence-corrected chi connectivity index (χ4v) is 3.28. The predicted octanol–water partition coefficient (Wildman–Crippen LogP) is 4.75. The fraction of sp³-hybridized carbons (Fsp3) is 0.333. The van der Waals surface area contributed by atoms with Crippen LogP contribution in [0.25, 0.3) is 22.0 Å². The van der Waals surface area contributed by atoms with Gasteiger partial charge in [-0.25, -0.2) is 4.79 Å². The van der Waals surface area contributed by atoms with Gasteiger partial charge in [0.2, 0.25) is 0 Å². The second-order valence-electron chi connectivity index (χ2n) is 7.45. The number of ether oxygens (including phenoxy) is 1. The maximum Gasteiger partial charge on any atom is 0.341 e. The molecule has 0 spiro atoms. The van der Waals surface area contributed by atoms with Gasteiger partial charge >= 0.3 is 5.97 Å². The lowest BCUT2D eigenvalue weighted by molar-refractivity contribution is 0.0527. The Hall–Kier alpha value is -2.92. The lowest BCUT2D eigenvalue weighted by atomic mass is 10.0. The number of nitrogens with one attached hydrogen (secondary N) is 1. The molecule has 0 aliphatic heterocycles. The largest absolute Gasteiger partial charge is 0.462 e. The molecule has 0 aliphatic carbocycles. The van der Waals surface area contributed by atoms with E-state index in [9.17, 15) is 4.79 Å². The molecular formula is C24H29N3O2. The van der Waals surface area contributed by atoms with Crippen molar-refractivity contribution in [2.75, 3.05) is 39.1 Å². The third kappa shape index (κ3) is 5.12. The molecule has 0 bridgehead atoms. The van der Waals surface area contributed by atoms with E-state index >= 15 is 0 Å². The highest BCUT2D eigenvalue weighted by Crippen LogP contribution is 2.31. The molecule has 0 aliphatic rings. The Morgan fingerprint density at radius 1 is 1.10 bits per heavy atom. The molecular weight excluding hydrogens is 362 g/mol.